The fourth-order valence-electron chi connectivity index (χ4n) is 1.53. The molecule has 1 atom stereocenters. The van der Waals surface area contributed by atoms with Gasteiger partial charge in [0.15, 0.2) is 0 Å². The van der Waals surface area contributed by atoms with Crippen LogP contribution in [0.3, 0.4) is 0 Å². The highest BCUT2D eigenvalue weighted by Crippen LogP contribution is 2.21. The lowest BCUT2D eigenvalue weighted by Crippen LogP contribution is -2.09. The number of hydrogen-bond donors (Lipinski definition) is 1. The van der Waals surface area contributed by atoms with Crippen LogP contribution in [0, 0.1) is 0 Å². The van der Waals surface area contributed by atoms with Crippen molar-refractivity contribution in [1.82, 2.24) is 9.78 Å². The number of nitrogens with zero attached hydrogens (tertiary/aromatic N) is 2. The van der Waals surface area contributed by atoms with Crippen LogP contribution in [0.2, 0.25) is 0 Å². The Hall–Kier alpha value is -1.71. The summed E-state index contributed by atoms with van der Waals surface area (Å²) in [5.41, 5.74) is 0. The smallest absolute Gasteiger partial charge is 0.148 e. The molecule has 2 aromatic heterocycles. The van der Waals surface area contributed by atoms with Gasteiger partial charge in [-0.2, -0.15) is 5.10 Å². The number of rotatable bonds is 4. The molecular formula is C11H15N3O. The van der Waals surface area contributed by atoms with Gasteiger partial charge >= 0.3 is 0 Å². The molecular weight excluding hydrogens is 190 g/mol. The molecule has 0 bridgehead atoms. The maximum absolute atomic E-state index is 5.37. The SMILES string of the molecule is CCC(Nc1ccn(C)n1)c1ccco1. The lowest BCUT2D eigenvalue weighted by atomic mass is 10.2. The van der Waals surface area contributed by atoms with Crippen molar-refractivity contribution in [3.63, 3.8) is 0 Å². The third-order valence-electron chi connectivity index (χ3n) is 2.33. The minimum absolute atomic E-state index is 0.190. The van der Waals surface area contributed by atoms with E-state index in [2.05, 4.69) is 17.3 Å². The molecule has 0 aliphatic heterocycles. The Labute approximate surface area is 88.9 Å². The summed E-state index contributed by atoms with van der Waals surface area (Å²) in [6, 6.07) is 6.02. The Morgan fingerprint density at radius 2 is 2.40 bits per heavy atom. The van der Waals surface area contributed by atoms with E-state index in [9.17, 15) is 0 Å². The van der Waals surface area contributed by atoms with E-state index in [1.807, 2.05) is 31.4 Å². The molecule has 0 saturated carbocycles. The van der Waals surface area contributed by atoms with Crippen molar-refractivity contribution in [2.45, 2.75) is 19.4 Å². The van der Waals surface area contributed by atoms with Crippen LogP contribution in [0.4, 0.5) is 5.82 Å². The van der Waals surface area contributed by atoms with Gasteiger partial charge in [-0.05, 0) is 18.6 Å². The highest BCUT2D eigenvalue weighted by molar-refractivity contribution is 5.35. The second kappa shape index (κ2) is 4.21. The number of nitrogens with one attached hydrogen (secondary N) is 1. The van der Waals surface area contributed by atoms with Gasteiger partial charge in [-0.3, -0.25) is 4.68 Å². The van der Waals surface area contributed by atoms with Crippen LogP contribution in [0.25, 0.3) is 0 Å². The zero-order valence-corrected chi connectivity index (χ0v) is 8.97. The zero-order valence-electron chi connectivity index (χ0n) is 8.97. The van der Waals surface area contributed by atoms with Gasteiger partial charge in [0.05, 0.1) is 12.3 Å². The molecule has 4 heteroatoms. The van der Waals surface area contributed by atoms with Gasteiger partial charge in [-0.1, -0.05) is 6.92 Å². The summed E-state index contributed by atoms with van der Waals surface area (Å²) in [4.78, 5) is 0. The molecule has 1 N–H and O–H groups in total. The summed E-state index contributed by atoms with van der Waals surface area (Å²) in [5, 5.41) is 7.60. The quantitative estimate of drug-likeness (QED) is 0.834. The van der Waals surface area contributed by atoms with Gasteiger partial charge < -0.3 is 9.73 Å². The van der Waals surface area contributed by atoms with Crippen molar-refractivity contribution >= 4 is 5.82 Å². The minimum Gasteiger partial charge on any atom is -0.467 e. The second-order valence-corrected chi connectivity index (χ2v) is 3.50. The molecule has 2 rings (SSSR count). The monoisotopic (exact) mass is 205 g/mol. The molecule has 15 heavy (non-hydrogen) atoms. The third-order valence-corrected chi connectivity index (χ3v) is 2.33. The van der Waals surface area contributed by atoms with Crippen molar-refractivity contribution in [2.75, 3.05) is 5.32 Å². The van der Waals surface area contributed by atoms with Crippen LogP contribution in [-0.4, -0.2) is 9.78 Å². The number of aryl methyl sites for hydroxylation is 1. The maximum atomic E-state index is 5.37. The maximum Gasteiger partial charge on any atom is 0.148 e. The van der Waals surface area contributed by atoms with E-state index < -0.39 is 0 Å². The van der Waals surface area contributed by atoms with Crippen molar-refractivity contribution in [3.8, 4) is 0 Å². The summed E-state index contributed by atoms with van der Waals surface area (Å²) in [6.45, 7) is 2.11. The van der Waals surface area contributed by atoms with E-state index in [1.165, 1.54) is 0 Å². The van der Waals surface area contributed by atoms with Gasteiger partial charge in [0.1, 0.15) is 11.6 Å². The first kappa shape index (κ1) is 9.83. The first-order valence-corrected chi connectivity index (χ1v) is 5.09. The lowest BCUT2D eigenvalue weighted by molar-refractivity contribution is 0.473. The molecule has 2 aromatic rings. The van der Waals surface area contributed by atoms with Gasteiger partial charge in [0.2, 0.25) is 0 Å². The number of hydrogen-bond acceptors (Lipinski definition) is 3. The van der Waals surface area contributed by atoms with Gasteiger partial charge in [0, 0.05) is 19.3 Å². The van der Waals surface area contributed by atoms with Crippen LogP contribution >= 0.6 is 0 Å². The van der Waals surface area contributed by atoms with Crippen molar-refractivity contribution in [1.29, 1.82) is 0 Å². The lowest BCUT2D eigenvalue weighted by Gasteiger charge is -2.13. The van der Waals surface area contributed by atoms with E-state index in [0.717, 1.165) is 18.0 Å². The Bertz CT molecular complexity index is 405. The van der Waals surface area contributed by atoms with Crippen LogP contribution in [0.1, 0.15) is 25.1 Å². The predicted octanol–water partition coefficient (Wildman–Crippen LogP) is 2.58. The molecule has 0 aliphatic rings. The van der Waals surface area contributed by atoms with Crippen molar-refractivity contribution in [3.05, 3.63) is 36.4 Å². The summed E-state index contributed by atoms with van der Waals surface area (Å²) in [7, 11) is 1.90. The van der Waals surface area contributed by atoms with Crippen LogP contribution in [-0.2, 0) is 7.05 Å². The molecule has 0 fully saturated rings. The van der Waals surface area contributed by atoms with E-state index in [-0.39, 0.29) is 6.04 Å². The van der Waals surface area contributed by atoms with Gasteiger partial charge in [0.25, 0.3) is 0 Å². The summed E-state index contributed by atoms with van der Waals surface area (Å²) in [5.74, 6) is 1.82. The van der Waals surface area contributed by atoms with E-state index in [0.29, 0.717) is 0 Å². The van der Waals surface area contributed by atoms with Crippen LogP contribution in [0.15, 0.2) is 35.1 Å². The number of anilines is 1. The predicted molar refractivity (Wildman–Crippen MR) is 58.6 cm³/mol. The molecule has 0 radical (unpaired) electrons. The van der Waals surface area contributed by atoms with E-state index in [4.69, 9.17) is 4.42 Å². The summed E-state index contributed by atoms with van der Waals surface area (Å²) < 4.78 is 7.14. The first-order chi connectivity index (χ1) is 7.29. The molecule has 4 nitrogen and oxygen atoms in total. The fourth-order valence-corrected chi connectivity index (χ4v) is 1.53. The van der Waals surface area contributed by atoms with Crippen molar-refractivity contribution < 1.29 is 4.42 Å². The van der Waals surface area contributed by atoms with Crippen LogP contribution in [0.5, 0.6) is 0 Å². The first-order valence-electron chi connectivity index (χ1n) is 5.09. The molecule has 0 saturated heterocycles. The van der Waals surface area contributed by atoms with Crippen molar-refractivity contribution in [2.24, 2.45) is 7.05 Å². The molecule has 80 valence electrons. The average molecular weight is 205 g/mol. The van der Waals surface area contributed by atoms with Crippen LogP contribution < -0.4 is 5.32 Å². The fraction of sp³-hybridized carbons (Fsp3) is 0.364. The van der Waals surface area contributed by atoms with Gasteiger partial charge in [-0.25, -0.2) is 0 Å². The Balaban J connectivity index is 2.09. The summed E-state index contributed by atoms with van der Waals surface area (Å²) in [6.07, 6.45) is 4.57. The van der Waals surface area contributed by atoms with Gasteiger partial charge in [-0.15, -0.1) is 0 Å². The number of aromatic nitrogens is 2. The largest absolute Gasteiger partial charge is 0.467 e. The molecule has 0 aromatic carbocycles. The zero-order chi connectivity index (χ0) is 10.7. The molecule has 2 heterocycles. The second-order valence-electron chi connectivity index (χ2n) is 3.50. The standard InChI is InChI=1S/C11H15N3O/c1-3-9(10-5-4-8-15-10)12-11-6-7-14(2)13-11/h4-9H,3H2,1-2H3,(H,12,13). The Morgan fingerprint density at radius 3 is 2.93 bits per heavy atom. The molecule has 0 amide bonds. The van der Waals surface area contributed by atoms with E-state index in [1.54, 1.807) is 10.9 Å². The summed E-state index contributed by atoms with van der Waals surface area (Å²) >= 11 is 0. The molecule has 1 unspecified atom stereocenters. The normalized spacial score (nSPS) is 12.7. The Morgan fingerprint density at radius 1 is 1.53 bits per heavy atom. The minimum atomic E-state index is 0.190. The van der Waals surface area contributed by atoms with E-state index >= 15 is 0 Å². The highest BCUT2D eigenvalue weighted by atomic mass is 16.3. The topological polar surface area (TPSA) is 43.0 Å². The molecule has 0 aliphatic carbocycles. The third kappa shape index (κ3) is 2.21. The highest BCUT2D eigenvalue weighted by Gasteiger charge is 2.12. The average Bonchev–Trinajstić information content (AvgIpc) is 2.85. The molecule has 0 spiro atoms. The number of furan rings is 1. The Kier molecular flexibility index (Phi) is 2.76.